The zero-order valence-corrected chi connectivity index (χ0v) is 9.55. The summed E-state index contributed by atoms with van der Waals surface area (Å²) in [5.74, 6) is -1.78. The average molecular weight is 227 g/mol. The van der Waals surface area contributed by atoms with Crippen molar-refractivity contribution in [1.29, 1.82) is 0 Å². The fourth-order valence-corrected chi connectivity index (χ4v) is 3.10. The van der Waals surface area contributed by atoms with Crippen LogP contribution in [0.3, 0.4) is 0 Å². The van der Waals surface area contributed by atoms with Crippen LogP contribution in [0.4, 0.5) is 0 Å². The maximum atomic E-state index is 12.1. The predicted molar refractivity (Wildman–Crippen MR) is 55.7 cm³/mol. The number of hydrogen-bond donors (Lipinski definition) is 1. The Labute approximate surface area is 94.4 Å². The van der Waals surface area contributed by atoms with Crippen molar-refractivity contribution < 1.29 is 19.4 Å². The van der Waals surface area contributed by atoms with Gasteiger partial charge in [0, 0.05) is 12.1 Å². The number of piperidine rings is 1. The lowest BCUT2D eigenvalue weighted by molar-refractivity contribution is -0.157. The van der Waals surface area contributed by atoms with Crippen LogP contribution in [0, 0.1) is 11.8 Å². The molecule has 0 aromatic carbocycles. The van der Waals surface area contributed by atoms with E-state index in [1.54, 1.807) is 0 Å². The highest BCUT2D eigenvalue weighted by atomic mass is 16.5. The first-order valence-electron chi connectivity index (χ1n) is 5.56. The van der Waals surface area contributed by atoms with Crippen LogP contribution in [-0.2, 0) is 14.3 Å². The van der Waals surface area contributed by atoms with Crippen LogP contribution in [0.15, 0.2) is 0 Å². The maximum Gasteiger partial charge on any atom is 0.317 e. The lowest BCUT2D eigenvalue weighted by Crippen LogP contribution is -2.56. The summed E-state index contributed by atoms with van der Waals surface area (Å²) in [4.78, 5) is 25.7. The monoisotopic (exact) mass is 227 g/mol. The highest BCUT2D eigenvalue weighted by molar-refractivity contribution is 6.02. The van der Waals surface area contributed by atoms with Crippen LogP contribution < -0.4 is 0 Å². The number of carbonyl (C=O) groups is 2. The van der Waals surface area contributed by atoms with Crippen LogP contribution in [-0.4, -0.2) is 54.6 Å². The van der Waals surface area contributed by atoms with Crippen molar-refractivity contribution in [3.05, 3.63) is 0 Å². The van der Waals surface area contributed by atoms with Gasteiger partial charge in [-0.15, -0.1) is 0 Å². The number of hydrogen-bond acceptors (Lipinski definition) is 5. The van der Waals surface area contributed by atoms with E-state index in [1.165, 1.54) is 7.11 Å². The number of ketones is 1. The number of aliphatic hydroxyl groups excluding tert-OH is 1. The van der Waals surface area contributed by atoms with Gasteiger partial charge in [-0.3, -0.25) is 14.5 Å². The van der Waals surface area contributed by atoms with Crippen LogP contribution in [0.25, 0.3) is 0 Å². The minimum absolute atomic E-state index is 0.0484. The maximum absolute atomic E-state index is 12.1. The summed E-state index contributed by atoms with van der Waals surface area (Å²) in [6, 6.07) is 0.0381. The second-order valence-electron chi connectivity index (χ2n) is 4.57. The normalized spacial score (nSPS) is 38.8. The molecule has 1 N–H and O–H groups in total. The Morgan fingerprint density at radius 3 is 2.69 bits per heavy atom. The molecule has 0 aromatic heterocycles. The van der Waals surface area contributed by atoms with E-state index in [4.69, 9.17) is 0 Å². The molecule has 0 amide bonds. The van der Waals surface area contributed by atoms with Gasteiger partial charge in [0.05, 0.1) is 19.6 Å². The van der Waals surface area contributed by atoms with Gasteiger partial charge in [-0.05, 0) is 19.9 Å². The molecule has 0 radical (unpaired) electrons. The number of methoxy groups -OCH3 is 1. The molecule has 0 aliphatic carbocycles. The van der Waals surface area contributed by atoms with Crippen molar-refractivity contribution in [3.63, 3.8) is 0 Å². The van der Waals surface area contributed by atoms with Crippen molar-refractivity contribution in [3.8, 4) is 0 Å². The number of fused-ring (bicyclic) bond motifs is 2. The van der Waals surface area contributed by atoms with Crippen molar-refractivity contribution in [2.75, 3.05) is 20.8 Å². The molecular weight excluding hydrogens is 210 g/mol. The summed E-state index contributed by atoms with van der Waals surface area (Å²) in [5.41, 5.74) is 0. The Balaban J connectivity index is 2.31. The Hall–Kier alpha value is -0.940. The molecule has 90 valence electrons. The van der Waals surface area contributed by atoms with E-state index < -0.39 is 17.8 Å². The van der Waals surface area contributed by atoms with Gasteiger partial charge in [-0.25, -0.2) is 0 Å². The largest absolute Gasteiger partial charge is 0.468 e. The second kappa shape index (κ2) is 4.14. The number of nitrogens with zero attached hydrogens (tertiary/aromatic N) is 1. The molecular formula is C11H17NO4. The molecule has 0 saturated carbocycles. The molecule has 2 rings (SSSR count). The van der Waals surface area contributed by atoms with Gasteiger partial charge in [-0.2, -0.15) is 0 Å². The smallest absolute Gasteiger partial charge is 0.317 e. The van der Waals surface area contributed by atoms with Crippen LogP contribution in [0.5, 0.6) is 0 Å². The molecule has 4 atom stereocenters. The third kappa shape index (κ3) is 1.46. The van der Waals surface area contributed by atoms with Gasteiger partial charge >= 0.3 is 5.97 Å². The predicted octanol–water partition coefficient (Wildman–Crippen LogP) is -0.570. The number of rotatable bonds is 2. The van der Waals surface area contributed by atoms with E-state index in [-0.39, 0.29) is 24.5 Å². The third-order valence-corrected chi connectivity index (χ3v) is 3.98. The Kier molecular flexibility index (Phi) is 2.99. The molecule has 0 aromatic rings. The highest BCUT2D eigenvalue weighted by Crippen LogP contribution is 2.39. The summed E-state index contributed by atoms with van der Waals surface area (Å²) in [7, 11) is 3.21. The summed E-state index contributed by atoms with van der Waals surface area (Å²) in [6.45, 7) is -0.186. The third-order valence-electron chi connectivity index (χ3n) is 3.98. The second-order valence-corrected chi connectivity index (χ2v) is 4.57. The van der Waals surface area contributed by atoms with Gasteiger partial charge in [0.1, 0.15) is 5.92 Å². The molecule has 16 heavy (non-hydrogen) atoms. The summed E-state index contributed by atoms with van der Waals surface area (Å²) in [6.07, 6.45) is 1.69. The van der Waals surface area contributed by atoms with E-state index >= 15 is 0 Å². The molecule has 2 heterocycles. The molecule has 5 heteroatoms. The molecule has 0 unspecified atom stereocenters. The number of Topliss-reactive ketones (excluding diaryl/α,β-unsaturated/α-hetero) is 1. The van der Waals surface area contributed by atoms with Crippen LogP contribution >= 0.6 is 0 Å². The fraction of sp³-hybridized carbons (Fsp3) is 0.818. The first kappa shape index (κ1) is 11.5. The van der Waals surface area contributed by atoms with Gasteiger partial charge < -0.3 is 9.84 Å². The van der Waals surface area contributed by atoms with Crippen molar-refractivity contribution in [2.45, 2.75) is 24.9 Å². The van der Waals surface area contributed by atoms with E-state index in [9.17, 15) is 14.7 Å². The zero-order valence-electron chi connectivity index (χ0n) is 9.55. The lowest BCUT2D eigenvalue weighted by atomic mass is 9.82. The standard InChI is InChI=1S/C11H17NO4/c1-12-7-3-4-8(12)9(11(15)16-2)10(14)6(7)5-13/h6-9,13H,3-5H2,1-2H3/t6-,7-,8+,9-/m0/s1. The first-order chi connectivity index (χ1) is 7.61. The zero-order chi connectivity index (χ0) is 11.9. The number of aliphatic hydroxyl groups is 1. The molecule has 5 nitrogen and oxygen atoms in total. The summed E-state index contributed by atoms with van der Waals surface area (Å²) >= 11 is 0. The number of esters is 1. The molecule has 2 saturated heterocycles. The number of ether oxygens (including phenoxy) is 1. The molecule has 2 aliphatic heterocycles. The fourth-order valence-electron chi connectivity index (χ4n) is 3.10. The van der Waals surface area contributed by atoms with Crippen molar-refractivity contribution in [1.82, 2.24) is 4.90 Å². The van der Waals surface area contributed by atoms with Gasteiger partial charge in [0.2, 0.25) is 0 Å². The molecule has 2 bridgehead atoms. The van der Waals surface area contributed by atoms with E-state index in [0.29, 0.717) is 0 Å². The van der Waals surface area contributed by atoms with E-state index in [1.807, 2.05) is 11.9 Å². The molecule has 2 aliphatic rings. The van der Waals surface area contributed by atoms with Gasteiger partial charge in [-0.1, -0.05) is 0 Å². The number of carbonyl (C=O) groups excluding carboxylic acids is 2. The van der Waals surface area contributed by atoms with Crippen LogP contribution in [0.1, 0.15) is 12.8 Å². The van der Waals surface area contributed by atoms with Crippen molar-refractivity contribution in [2.24, 2.45) is 11.8 Å². The Morgan fingerprint density at radius 2 is 2.12 bits per heavy atom. The Morgan fingerprint density at radius 1 is 1.50 bits per heavy atom. The minimum atomic E-state index is -0.717. The topological polar surface area (TPSA) is 66.8 Å². The quantitative estimate of drug-likeness (QED) is 0.505. The van der Waals surface area contributed by atoms with Crippen LogP contribution in [0.2, 0.25) is 0 Å². The minimum Gasteiger partial charge on any atom is -0.468 e. The van der Waals surface area contributed by atoms with E-state index in [2.05, 4.69) is 4.74 Å². The van der Waals surface area contributed by atoms with Gasteiger partial charge in [0.15, 0.2) is 5.78 Å². The first-order valence-corrected chi connectivity index (χ1v) is 5.56. The summed E-state index contributed by atoms with van der Waals surface area (Å²) in [5, 5.41) is 9.27. The molecule has 2 fully saturated rings. The summed E-state index contributed by atoms with van der Waals surface area (Å²) < 4.78 is 4.68. The Bertz CT molecular complexity index is 317. The molecule has 0 spiro atoms. The van der Waals surface area contributed by atoms with Crippen molar-refractivity contribution >= 4 is 11.8 Å². The van der Waals surface area contributed by atoms with Gasteiger partial charge in [0.25, 0.3) is 0 Å². The highest BCUT2D eigenvalue weighted by Gasteiger charge is 2.53. The SMILES string of the molecule is COC(=O)[C@@H]1C(=O)[C@@H](CO)[C@@H]2CC[C@H]1N2C. The van der Waals surface area contributed by atoms with E-state index in [0.717, 1.165) is 12.8 Å². The average Bonchev–Trinajstić information content (AvgIpc) is 2.56. The lowest BCUT2D eigenvalue weighted by Gasteiger charge is -2.39.